The van der Waals surface area contributed by atoms with E-state index in [1.54, 1.807) is 6.92 Å². The molecule has 3 nitrogen and oxygen atoms in total. The van der Waals surface area contributed by atoms with E-state index in [0.717, 1.165) is 12.1 Å². The van der Waals surface area contributed by atoms with Gasteiger partial charge in [-0.2, -0.15) is 18.4 Å². The minimum atomic E-state index is -4.62. The van der Waals surface area contributed by atoms with Crippen molar-refractivity contribution in [1.29, 1.82) is 5.26 Å². The average Bonchev–Trinajstić information content (AvgIpc) is 2.27. The van der Waals surface area contributed by atoms with Gasteiger partial charge in [-0.15, -0.1) is 0 Å². The number of halogens is 4. The van der Waals surface area contributed by atoms with Crippen molar-refractivity contribution in [2.75, 3.05) is 0 Å². The minimum Gasteiger partial charge on any atom is -0.349 e. The topological polar surface area (TPSA) is 52.9 Å². The highest BCUT2D eigenvalue weighted by molar-refractivity contribution is 9.10. The molecule has 0 saturated heterocycles. The first-order valence-corrected chi connectivity index (χ1v) is 6.09. The lowest BCUT2D eigenvalue weighted by Crippen LogP contribution is -2.33. The van der Waals surface area contributed by atoms with Crippen LogP contribution in [0.5, 0.6) is 0 Å². The maximum Gasteiger partial charge on any atom is 0.417 e. The summed E-state index contributed by atoms with van der Waals surface area (Å²) in [6, 6.07) is 4.63. The van der Waals surface area contributed by atoms with Crippen LogP contribution < -0.4 is 5.32 Å². The van der Waals surface area contributed by atoms with E-state index in [0.29, 0.717) is 0 Å². The van der Waals surface area contributed by atoms with Crippen LogP contribution in [0.2, 0.25) is 0 Å². The first-order chi connectivity index (χ1) is 8.75. The molecule has 0 fully saturated rings. The Kier molecular flexibility index (Phi) is 4.95. The van der Waals surface area contributed by atoms with E-state index in [1.165, 1.54) is 6.07 Å². The second kappa shape index (κ2) is 6.06. The molecule has 0 aliphatic rings. The zero-order valence-electron chi connectivity index (χ0n) is 9.88. The fourth-order valence-corrected chi connectivity index (χ4v) is 1.80. The number of benzene rings is 1. The molecular weight excluding hydrogens is 325 g/mol. The first kappa shape index (κ1) is 15.5. The summed E-state index contributed by atoms with van der Waals surface area (Å²) < 4.78 is 38.7. The van der Waals surface area contributed by atoms with Gasteiger partial charge in [0.15, 0.2) is 0 Å². The lowest BCUT2D eigenvalue weighted by Gasteiger charge is -2.15. The highest BCUT2D eigenvalue weighted by atomic mass is 79.9. The Morgan fingerprint density at radius 2 is 2.16 bits per heavy atom. The number of nitriles is 1. The molecule has 19 heavy (non-hydrogen) atoms. The fraction of sp³-hybridized carbons (Fsp3) is 0.333. The van der Waals surface area contributed by atoms with Crippen LogP contribution >= 0.6 is 15.9 Å². The zero-order valence-corrected chi connectivity index (χ0v) is 11.5. The Morgan fingerprint density at radius 1 is 1.53 bits per heavy atom. The molecule has 0 saturated carbocycles. The van der Waals surface area contributed by atoms with E-state index in [1.807, 2.05) is 6.07 Å². The highest BCUT2D eigenvalue weighted by Crippen LogP contribution is 2.33. The summed E-state index contributed by atoms with van der Waals surface area (Å²) >= 11 is 2.94. The molecule has 1 aromatic carbocycles. The van der Waals surface area contributed by atoms with Gasteiger partial charge >= 0.3 is 6.18 Å². The van der Waals surface area contributed by atoms with Gasteiger partial charge in [0.25, 0.3) is 5.91 Å². The van der Waals surface area contributed by atoms with Crippen LogP contribution in [0.15, 0.2) is 22.7 Å². The van der Waals surface area contributed by atoms with Gasteiger partial charge in [0, 0.05) is 10.5 Å². The normalized spacial score (nSPS) is 12.6. The molecule has 102 valence electrons. The van der Waals surface area contributed by atoms with E-state index in [2.05, 4.69) is 21.2 Å². The number of carbonyl (C=O) groups excluding carboxylic acids is 1. The van der Waals surface area contributed by atoms with Gasteiger partial charge in [-0.3, -0.25) is 4.79 Å². The van der Waals surface area contributed by atoms with Crippen LogP contribution in [0.25, 0.3) is 0 Å². The molecular formula is C12H10BrF3N2O. The molecule has 1 atom stereocenters. The van der Waals surface area contributed by atoms with E-state index in [9.17, 15) is 18.0 Å². The molecule has 0 unspecified atom stereocenters. The molecule has 0 heterocycles. The molecule has 1 rings (SSSR count). The Labute approximate surface area is 116 Å². The molecule has 1 N–H and O–H groups in total. The number of alkyl halides is 3. The largest absolute Gasteiger partial charge is 0.417 e. The number of nitrogens with zero attached hydrogens (tertiary/aromatic N) is 1. The van der Waals surface area contributed by atoms with Crippen molar-refractivity contribution in [2.45, 2.75) is 25.6 Å². The van der Waals surface area contributed by atoms with Crippen molar-refractivity contribution in [2.24, 2.45) is 0 Å². The zero-order chi connectivity index (χ0) is 14.6. The third kappa shape index (κ3) is 4.24. The Hall–Kier alpha value is -1.55. The Balaban J connectivity index is 3.07. The molecule has 0 aliphatic heterocycles. The third-order valence-corrected chi connectivity index (χ3v) is 2.80. The minimum absolute atomic E-state index is 0.0314. The monoisotopic (exact) mass is 334 g/mol. The van der Waals surface area contributed by atoms with E-state index >= 15 is 0 Å². The van der Waals surface area contributed by atoms with Gasteiger partial charge in [-0.25, -0.2) is 0 Å². The molecule has 1 aromatic rings. The summed E-state index contributed by atoms with van der Waals surface area (Å²) in [5, 5.41) is 10.8. The number of rotatable bonds is 3. The van der Waals surface area contributed by atoms with Crippen molar-refractivity contribution < 1.29 is 18.0 Å². The van der Waals surface area contributed by atoms with Gasteiger partial charge in [0.05, 0.1) is 23.6 Å². The van der Waals surface area contributed by atoms with Gasteiger partial charge in [-0.05, 0) is 25.1 Å². The van der Waals surface area contributed by atoms with Crippen LogP contribution in [-0.2, 0) is 6.18 Å². The maximum atomic E-state index is 12.8. The van der Waals surface area contributed by atoms with Crippen molar-refractivity contribution in [1.82, 2.24) is 5.32 Å². The first-order valence-electron chi connectivity index (χ1n) is 5.30. The third-order valence-electron chi connectivity index (χ3n) is 2.31. The van der Waals surface area contributed by atoms with Crippen LogP contribution in [0.4, 0.5) is 13.2 Å². The number of nitrogens with one attached hydrogen (secondary N) is 1. The summed E-state index contributed by atoms with van der Waals surface area (Å²) in [7, 11) is 0. The number of hydrogen-bond donors (Lipinski definition) is 1. The summed E-state index contributed by atoms with van der Waals surface area (Å²) in [5.74, 6) is -0.845. The van der Waals surface area contributed by atoms with Crippen LogP contribution in [-0.4, -0.2) is 11.9 Å². The van der Waals surface area contributed by atoms with Gasteiger partial charge < -0.3 is 5.32 Å². The van der Waals surface area contributed by atoms with E-state index in [-0.39, 0.29) is 10.9 Å². The molecule has 1 amide bonds. The number of hydrogen-bond acceptors (Lipinski definition) is 2. The second-order valence-corrected chi connectivity index (χ2v) is 4.84. The SMILES string of the molecule is C[C@H](CC#N)NC(=O)c1ccc(Br)cc1C(F)(F)F. The molecule has 7 heteroatoms. The Morgan fingerprint density at radius 3 is 2.68 bits per heavy atom. The summed E-state index contributed by atoms with van der Waals surface area (Å²) in [5.41, 5.74) is -1.47. The molecule has 0 radical (unpaired) electrons. The van der Waals surface area contributed by atoms with Crippen LogP contribution in [0, 0.1) is 11.3 Å². The van der Waals surface area contributed by atoms with Gasteiger partial charge in [0.2, 0.25) is 0 Å². The van der Waals surface area contributed by atoms with Crippen molar-refractivity contribution in [3.05, 3.63) is 33.8 Å². The fourth-order valence-electron chi connectivity index (χ4n) is 1.44. The predicted molar refractivity (Wildman–Crippen MR) is 66.3 cm³/mol. The predicted octanol–water partition coefficient (Wildman–Crippen LogP) is 3.50. The smallest absolute Gasteiger partial charge is 0.349 e. The summed E-state index contributed by atoms with van der Waals surface area (Å²) in [6.07, 6.45) is -4.58. The summed E-state index contributed by atoms with van der Waals surface area (Å²) in [6.45, 7) is 1.55. The Bertz CT molecular complexity index is 523. The lowest BCUT2D eigenvalue weighted by molar-refractivity contribution is -0.138. The van der Waals surface area contributed by atoms with Gasteiger partial charge in [-0.1, -0.05) is 15.9 Å². The van der Waals surface area contributed by atoms with Crippen molar-refractivity contribution in [3.63, 3.8) is 0 Å². The van der Waals surface area contributed by atoms with Gasteiger partial charge in [0.1, 0.15) is 0 Å². The van der Waals surface area contributed by atoms with Crippen LogP contribution in [0.1, 0.15) is 29.3 Å². The highest BCUT2D eigenvalue weighted by Gasteiger charge is 2.35. The number of amides is 1. The standard InChI is InChI=1S/C12H10BrF3N2O/c1-7(4-5-17)18-11(19)9-3-2-8(13)6-10(9)12(14,15)16/h2-3,6-7H,4H2,1H3,(H,18,19)/t7-/m1/s1. The van der Waals surface area contributed by atoms with Crippen molar-refractivity contribution in [3.8, 4) is 6.07 Å². The quantitative estimate of drug-likeness (QED) is 0.919. The molecule has 0 aliphatic carbocycles. The van der Waals surface area contributed by atoms with Crippen LogP contribution in [0.3, 0.4) is 0 Å². The van der Waals surface area contributed by atoms with E-state index < -0.39 is 29.3 Å². The maximum absolute atomic E-state index is 12.8. The summed E-state index contributed by atoms with van der Waals surface area (Å²) in [4.78, 5) is 11.8. The molecule has 0 spiro atoms. The molecule has 0 bridgehead atoms. The number of carbonyl (C=O) groups is 1. The second-order valence-electron chi connectivity index (χ2n) is 3.92. The molecule has 0 aromatic heterocycles. The van der Waals surface area contributed by atoms with E-state index in [4.69, 9.17) is 5.26 Å². The lowest BCUT2D eigenvalue weighted by atomic mass is 10.1. The van der Waals surface area contributed by atoms with Crippen molar-refractivity contribution >= 4 is 21.8 Å². The average molecular weight is 335 g/mol.